The van der Waals surface area contributed by atoms with E-state index in [0.29, 0.717) is 5.25 Å². The number of hydrogen-bond acceptors (Lipinski definition) is 3. The molecule has 5 heteroatoms. The molecule has 0 aromatic heterocycles. The van der Waals surface area contributed by atoms with Gasteiger partial charge in [-0.15, -0.1) is 0 Å². The zero-order valence-corrected chi connectivity index (χ0v) is 15.8. The fraction of sp³-hybridized carbons (Fsp3) is 0.938. The summed E-state index contributed by atoms with van der Waals surface area (Å²) in [6, 6.07) is 0. The van der Waals surface area contributed by atoms with Gasteiger partial charge in [-0.1, -0.05) is 13.8 Å². The summed E-state index contributed by atoms with van der Waals surface area (Å²) < 4.78 is 0. The highest BCUT2D eigenvalue weighted by molar-refractivity contribution is 8.00. The van der Waals surface area contributed by atoms with Crippen LogP contribution in [-0.2, 0) is 0 Å². The number of hydrogen-bond donors (Lipinski definition) is 1. The Labute approximate surface area is 135 Å². The summed E-state index contributed by atoms with van der Waals surface area (Å²) in [5.41, 5.74) is 0.0860. The second-order valence-corrected chi connectivity index (χ2v) is 8.32. The van der Waals surface area contributed by atoms with E-state index in [-0.39, 0.29) is 5.54 Å². The highest BCUT2D eigenvalue weighted by atomic mass is 32.2. The van der Waals surface area contributed by atoms with Gasteiger partial charge in [-0.3, -0.25) is 4.99 Å². The molecule has 0 amide bonds. The first-order valence-corrected chi connectivity index (χ1v) is 9.15. The van der Waals surface area contributed by atoms with Gasteiger partial charge in [0.2, 0.25) is 0 Å². The molecule has 0 spiro atoms. The minimum atomic E-state index is 0.0860. The van der Waals surface area contributed by atoms with E-state index in [1.807, 2.05) is 0 Å². The zero-order chi connectivity index (χ0) is 16.0. The van der Waals surface area contributed by atoms with E-state index in [1.54, 1.807) is 0 Å². The molecule has 124 valence electrons. The van der Waals surface area contributed by atoms with Crippen molar-refractivity contribution in [3.8, 4) is 0 Å². The number of likely N-dealkylation sites (N-methyl/N-ethyl adjacent to an activating group) is 1. The van der Waals surface area contributed by atoms with Crippen molar-refractivity contribution < 1.29 is 0 Å². The van der Waals surface area contributed by atoms with Crippen molar-refractivity contribution in [2.75, 3.05) is 46.0 Å². The molecule has 0 radical (unpaired) electrons. The maximum atomic E-state index is 4.90. The van der Waals surface area contributed by atoms with E-state index in [2.05, 4.69) is 75.6 Å². The lowest BCUT2D eigenvalue weighted by atomic mass is 10.1. The Bertz CT molecular complexity index is 339. The Morgan fingerprint density at radius 3 is 2.62 bits per heavy atom. The van der Waals surface area contributed by atoms with Gasteiger partial charge >= 0.3 is 0 Å². The number of aliphatic imine (C=N–C) groups is 1. The fourth-order valence-corrected chi connectivity index (χ4v) is 3.41. The van der Waals surface area contributed by atoms with Crippen LogP contribution in [0.1, 0.15) is 34.6 Å². The largest absolute Gasteiger partial charge is 0.357 e. The van der Waals surface area contributed by atoms with E-state index in [9.17, 15) is 0 Å². The van der Waals surface area contributed by atoms with Crippen molar-refractivity contribution in [1.29, 1.82) is 0 Å². The summed E-state index contributed by atoms with van der Waals surface area (Å²) in [7, 11) is 4.24. The Hall–Kier alpha value is -0.420. The van der Waals surface area contributed by atoms with Crippen molar-refractivity contribution in [1.82, 2.24) is 15.1 Å². The van der Waals surface area contributed by atoms with Gasteiger partial charge in [0.1, 0.15) is 0 Å². The van der Waals surface area contributed by atoms with Crippen LogP contribution in [0.5, 0.6) is 0 Å². The van der Waals surface area contributed by atoms with Crippen LogP contribution in [-0.4, -0.2) is 72.6 Å². The average molecular weight is 315 g/mol. The summed E-state index contributed by atoms with van der Waals surface area (Å²) in [6.45, 7) is 15.2. The van der Waals surface area contributed by atoms with Gasteiger partial charge in [-0.2, -0.15) is 11.8 Å². The van der Waals surface area contributed by atoms with Crippen molar-refractivity contribution in [3.63, 3.8) is 0 Å². The van der Waals surface area contributed by atoms with E-state index in [1.165, 1.54) is 5.75 Å². The van der Waals surface area contributed by atoms with Gasteiger partial charge < -0.3 is 15.1 Å². The Morgan fingerprint density at radius 1 is 1.43 bits per heavy atom. The molecular formula is C16H34N4S. The minimum absolute atomic E-state index is 0.0860. The Balaban J connectivity index is 2.76. The van der Waals surface area contributed by atoms with Gasteiger partial charge in [0.25, 0.3) is 0 Å². The maximum Gasteiger partial charge on any atom is 0.194 e. The summed E-state index contributed by atoms with van der Waals surface area (Å²) in [5, 5.41) is 4.18. The molecule has 0 saturated carbocycles. The minimum Gasteiger partial charge on any atom is -0.357 e. The third-order valence-corrected chi connectivity index (χ3v) is 5.84. The molecule has 1 heterocycles. The lowest BCUT2D eigenvalue weighted by molar-refractivity contribution is 0.204. The van der Waals surface area contributed by atoms with Crippen molar-refractivity contribution in [2.45, 2.75) is 45.4 Å². The molecule has 1 fully saturated rings. The van der Waals surface area contributed by atoms with E-state index in [4.69, 9.17) is 4.99 Å². The Morgan fingerprint density at radius 2 is 2.10 bits per heavy atom. The molecule has 0 bridgehead atoms. The van der Waals surface area contributed by atoms with Crippen LogP contribution in [0, 0.1) is 5.92 Å². The van der Waals surface area contributed by atoms with Gasteiger partial charge in [-0.25, -0.2) is 0 Å². The fourth-order valence-electron chi connectivity index (χ4n) is 2.11. The predicted molar refractivity (Wildman–Crippen MR) is 96.4 cm³/mol. The molecule has 1 unspecified atom stereocenters. The number of nitrogens with zero attached hydrogens (tertiary/aromatic N) is 3. The van der Waals surface area contributed by atoms with Crippen LogP contribution in [0.25, 0.3) is 0 Å². The van der Waals surface area contributed by atoms with Crippen LogP contribution in [0.3, 0.4) is 0 Å². The second kappa shape index (κ2) is 8.28. The third-order valence-electron chi connectivity index (χ3n) is 4.30. The molecule has 1 atom stereocenters. The molecule has 21 heavy (non-hydrogen) atoms. The lowest BCUT2D eigenvalue weighted by Crippen LogP contribution is -2.50. The first-order chi connectivity index (χ1) is 9.77. The molecule has 1 N–H and O–H groups in total. The van der Waals surface area contributed by atoms with Crippen LogP contribution in [0.2, 0.25) is 0 Å². The van der Waals surface area contributed by atoms with Gasteiger partial charge in [0.05, 0.1) is 6.54 Å². The Kier molecular flexibility index (Phi) is 7.34. The van der Waals surface area contributed by atoms with Crippen LogP contribution in [0.15, 0.2) is 4.99 Å². The molecule has 1 rings (SSSR count). The van der Waals surface area contributed by atoms with Crippen molar-refractivity contribution in [3.05, 3.63) is 0 Å². The molecule has 0 aliphatic carbocycles. The summed E-state index contributed by atoms with van der Waals surface area (Å²) in [5.74, 6) is 3.00. The summed E-state index contributed by atoms with van der Waals surface area (Å²) >= 11 is 2.11. The SMILES string of the molecule is CCNC(=NCC(C)(C)N(C)C)N1CCSC(C(C)C)C1. The number of nitrogens with one attached hydrogen (secondary N) is 1. The third kappa shape index (κ3) is 5.70. The molecule has 1 aliphatic heterocycles. The zero-order valence-electron chi connectivity index (χ0n) is 14.9. The van der Waals surface area contributed by atoms with Crippen molar-refractivity contribution >= 4 is 17.7 Å². The maximum absolute atomic E-state index is 4.90. The highest BCUT2D eigenvalue weighted by Gasteiger charge is 2.26. The highest BCUT2D eigenvalue weighted by Crippen LogP contribution is 2.25. The monoisotopic (exact) mass is 314 g/mol. The number of thioether (sulfide) groups is 1. The standard InChI is InChI=1S/C16H34N4S/c1-8-17-15(18-12-16(4,5)19(6)7)20-9-10-21-14(11-20)13(2)3/h13-14H,8-12H2,1-7H3,(H,17,18). The van der Waals surface area contributed by atoms with Gasteiger partial charge in [0.15, 0.2) is 5.96 Å². The molecule has 1 saturated heterocycles. The quantitative estimate of drug-likeness (QED) is 0.623. The summed E-state index contributed by atoms with van der Waals surface area (Å²) in [6.07, 6.45) is 0. The molecule has 4 nitrogen and oxygen atoms in total. The predicted octanol–water partition coefficient (Wildman–Crippen LogP) is 2.37. The second-order valence-electron chi connectivity index (χ2n) is 6.98. The average Bonchev–Trinajstić information content (AvgIpc) is 2.43. The molecule has 0 aromatic rings. The van der Waals surface area contributed by atoms with Crippen LogP contribution in [0.4, 0.5) is 0 Å². The first-order valence-electron chi connectivity index (χ1n) is 8.10. The van der Waals surface area contributed by atoms with E-state index < -0.39 is 0 Å². The topological polar surface area (TPSA) is 30.9 Å². The van der Waals surface area contributed by atoms with E-state index >= 15 is 0 Å². The molecule has 0 aromatic carbocycles. The normalized spacial score (nSPS) is 21.3. The van der Waals surface area contributed by atoms with Crippen LogP contribution >= 0.6 is 11.8 Å². The first kappa shape index (κ1) is 18.6. The van der Waals surface area contributed by atoms with Crippen molar-refractivity contribution in [2.24, 2.45) is 10.9 Å². The number of rotatable bonds is 5. The summed E-state index contributed by atoms with van der Waals surface area (Å²) in [4.78, 5) is 9.58. The number of guanidine groups is 1. The molecular weight excluding hydrogens is 280 g/mol. The molecule has 1 aliphatic rings. The van der Waals surface area contributed by atoms with Gasteiger partial charge in [-0.05, 0) is 40.8 Å². The van der Waals surface area contributed by atoms with Crippen LogP contribution < -0.4 is 5.32 Å². The van der Waals surface area contributed by atoms with E-state index in [0.717, 1.165) is 38.1 Å². The van der Waals surface area contributed by atoms with Gasteiger partial charge in [0, 0.05) is 36.2 Å². The lowest BCUT2D eigenvalue weighted by Gasteiger charge is -2.37. The smallest absolute Gasteiger partial charge is 0.194 e.